The van der Waals surface area contributed by atoms with Crippen LogP contribution in [0.3, 0.4) is 0 Å². The molecule has 5 nitrogen and oxygen atoms in total. The minimum atomic E-state index is -0.262. The summed E-state index contributed by atoms with van der Waals surface area (Å²) in [6.45, 7) is 7.58. The molecule has 0 fully saturated rings. The Morgan fingerprint density at radius 2 is 1.86 bits per heavy atom. The summed E-state index contributed by atoms with van der Waals surface area (Å²) in [5.74, 6) is -0.163. The van der Waals surface area contributed by atoms with Crippen LogP contribution in [-0.4, -0.2) is 49.6 Å². The van der Waals surface area contributed by atoms with Crippen LogP contribution in [-0.2, 0) is 14.3 Å². The lowest BCUT2D eigenvalue weighted by Crippen LogP contribution is -2.35. The highest BCUT2D eigenvalue weighted by atomic mass is 35.5. The quantitative estimate of drug-likeness (QED) is 0.381. The maximum Gasteiger partial charge on any atom is 0.323 e. The van der Waals surface area contributed by atoms with Crippen molar-refractivity contribution in [3.8, 4) is 0 Å². The molecule has 0 aliphatic heterocycles. The summed E-state index contributed by atoms with van der Waals surface area (Å²) in [7, 11) is 1.75. The Bertz CT molecular complexity index is 318. The number of allylic oxidation sites excluding steroid dienone is 1. The van der Waals surface area contributed by atoms with Crippen molar-refractivity contribution in [3.05, 3.63) is 12.2 Å². The molecule has 1 atom stereocenters. The molecule has 0 saturated carbocycles. The van der Waals surface area contributed by atoms with Gasteiger partial charge in [-0.05, 0) is 53.2 Å². The topological polar surface area (TPSA) is 58.6 Å². The summed E-state index contributed by atoms with van der Waals surface area (Å²) in [6, 6.07) is -0.262. The highest BCUT2D eigenvalue weighted by molar-refractivity contribution is 5.87. The fourth-order valence-corrected chi connectivity index (χ4v) is 1.89. The number of hydrogen-bond donors (Lipinski definition) is 1. The molecule has 0 aliphatic carbocycles. The van der Waals surface area contributed by atoms with Crippen molar-refractivity contribution in [2.24, 2.45) is 0 Å². The molecule has 1 unspecified atom stereocenters. The summed E-state index contributed by atoms with van der Waals surface area (Å²) in [5.41, 5.74) is 0. The molecule has 0 aliphatic rings. The second-order valence-corrected chi connectivity index (χ2v) is 4.44. The highest BCUT2D eigenvalue weighted by Crippen LogP contribution is 2.04. The summed E-state index contributed by atoms with van der Waals surface area (Å²) >= 11 is 0. The van der Waals surface area contributed by atoms with Gasteiger partial charge >= 0.3 is 5.97 Å². The van der Waals surface area contributed by atoms with Gasteiger partial charge in [0.25, 0.3) is 0 Å². The van der Waals surface area contributed by atoms with Crippen molar-refractivity contribution >= 4 is 24.3 Å². The molecule has 0 heterocycles. The standard InChI is InChI=1S/C15H28N2O3.ClH/c1-5-17(6-2)14(18)12-10-8-9-11-13(16-4)15(19)20-7-3;/h10,12-13,16H,5-9,11H2,1-4H3;1H/b12-10-;. The fourth-order valence-electron chi connectivity index (χ4n) is 1.89. The minimum Gasteiger partial charge on any atom is -0.465 e. The maximum atomic E-state index is 11.7. The van der Waals surface area contributed by atoms with Gasteiger partial charge < -0.3 is 15.0 Å². The predicted octanol–water partition coefficient (Wildman–Crippen LogP) is 2.15. The van der Waals surface area contributed by atoms with Crippen LogP contribution in [0.25, 0.3) is 0 Å². The Morgan fingerprint density at radius 3 is 2.33 bits per heavy atom. The third-order valence-electron chi connectivity index (χ3n) is 3.12. The number of carbonyl (C=O) groups is 2. The number of ether oxygens (including phenoxy) is 1. The third-order valence-corrected chi connectivity index (χ3v) is 3.12. The van der Waals surface area contributed by atoms with E-state index in [9.17, 15) is 9.59 Å². The summed E-state index contributed by atoms with van der Waals surface area (Å²) in [5, 5.41) is 2.95. The number of hydrogen-bond acceptors (Lipinski definition) is 4. The zero-order valence-electron chi connectivity index (χ0n) is 13.6. The Kier molecular flexibility index (Phi) is 14.7. The molecule has 1 N–H and O–H groups in total. The molecular weight excluding hydrogens is 292 g/mol. The van der Waals surface area contributed by atoms with Crippen molar-refractivity contribution < 1.29 is 14.3 Å². The van der Waals surface area contributed by atoms with Crippen molar-refractivity contribution in [1.82, 2.24) is 10.2 Å². The lowest BCUT2D eigenvalue weighted by atomic mass is 10.1. The molecule has 0 aromatic heterocycles. The van der Waals surface area contributed by atoms with Crippen LogP contribution in [0.1, 0.15) is 40.0 Å². The van der Waals surface area contributed by atoms with Gasteiger partial charge in [0, 0.05) is 13.1 Å². The Labute approximate surface area is 134 Å². The lowest BCUT2D eigenvalue weighted by molar-refractivity contribution is -0.145. The zero-order valence-corrected chi connectivity index (χ0v) is 14.4. The number of rotatable bonds is 10. The Morgan fingerprint density at radius 1 is 1.24 bits per heavy atom. The van der Waals surface area contributed by atoms with Crippen LogP contribution < -0.4 is 5.32 Å². The fraction of sp³-hybridized carbons (Fsp3) is 0.733. The van der Waals surface area contributed by atoms with E-state index in [2.05, 4.69) is 5.32 Å². The average molecular weight is 321 g/mol. The summed E-state index contributed by atoms with van der Waals surface area (Å²) in [4.78, 5) is 25.0. The molecule has 0 aromatic rings. The van der Waals surface area contributed by atoms with Crippen LogP contribution in [0.2, 0.25) is 0 Å². The van der Waals surface area contributed by atoms with Gasteiger partial charge in [-0.2, -0.15) is 0 Å². The molecular formula is C15H29ClN2O3. The molecule has 0 aromatic carbocycles. The van der Waals surface area contributed by atoms with Gasteiger partial charge in [0.05, 0.1) is 6.61 Å². The second-order valence-electron chi connectivity index (χ2n) is 4.44. The number of nitrogens with zero attached hydrogens (tertiary/aromatic N) is 1. The van der Waals surface area contributed by atoms with Crippen molar-refractivity contribution in [1.29, 1.82) is 0 Å². The summed E-state index contributed by atoms with van der Waals surface area (Å²) in [6.07, 6.45) is 5.82. The zero-order chi connectivity index (χ0) is 15.4. The first-order valence-electron chi connectivity index (χ1n) is 7.39. The smallest absolute Gasteiger partial charge is 0.323 e. The van der Waals surface area contributed by atoms with E-state index in [0.717, 1.165) is 25.9 Å². The molecule has 1 amide bonds. The van der Waals surface area contributed by atoms with Crippen LogP contribution in [0.5, 0.6) is 0 Å². The van der Waals surface area contributed by atoms with E-state index in [1.165, 1.54) is 0 Å². The van der Waals surface area contributed by atoms with Gasteiger partial charge in [-0.1, -0.05) is 6.08 Å². The van der Waals surface area contributed by atoms with Gasteiger partial charge in [0.1, 0.15) is 6.04 Å². The monoisotopic (exact) mass is 320 g/mol. The van der Waals surface area contributed by atoms with E-state index in [1.807, 2.05) is 19.9 Å². The summed E-state index contributed by atoms with van der Waals surface area (Å²) < 4.78 is 4.97. The first kappa shape index (κ1) is 22.2. The van der Waals surface area contributed by atoms with E-state index in [-0.39, 0.29) is 30.3 Å². The third kappa shape index (κ3) is 9.47. The lowest BCUT2D eigenvalue weighted by Gasteiger charge is -2.16. The van der Waals surface area contributed by atoms with Crippen molar-refractivity contribution in [2.75, 3.05) is 26.7 Å². The van der Waals surface area contributed by atoms with E-state index in [4.69, 9.17) is 4.74 Å². The van der Waals surface area contributed by atoms with Crippen LogP contribution >= 0.6 is 12.4 Å². The maximum absolute atomic E-state index is 11.7. The van der Waals surface area contributed by atoms with Gasteiger partial charge in [-0.25, -0.2) is 0 Å². The number of unbranched alkanes of at least 4 members (excludes halogenated alkanes) is 1. The van der Waals surface area contributed by atoms with Crippen molar-refractivity contribution in [2.45, 2.75) is 46.1 Å². The molecule has 21 heavy (non-hydrogen) atoms. The van der Waals surface area contributed by atoms with E-state index in [1.54, 1.807) is 24.9 Å². The van der Waals surface area contributed by atoms with Gasteiger partial charge in [-0.3, -0.25) is 9.59 Å². The van der Waals surface area contributed by atoms with Crippen molar-refractivity contribution in [3.63, 3.8) is 0 Å². The number of nitrogens with one attached hydrogen (secondary N) is 1. The number of esters is 1. The van der Waals surface area contributed by atoms with Crippen LogP contribution in [0.4, 0.5) is 0 Å². The normalized spacial score (nSPS) is 11.8. The van der Waals surface area contributed by atoms with Crippen LogP contribution in [0, 0.1) is 0 Å². The number of likely N-dealkylation sites (N-methyl/N-ethyl adjacent to an activating group) is 2. The van der Waals surface area contributed by atoms with Gasteiger partial charge in [0.2, 0.25) is 5.91 Å². The second kappa shape index (κ2) is 13.9. The highest BCUT2D eigenvalue weighted by Gasteiger charge is 2.16. The van der Waals surface area contributed by atoms with Crippen LogP contribution in [0.15, 0.2) is 12.2 Å². The first-order chi connectivity index (χ1) is 9.60. The molecule has 0 spiro atoms. The molecule has 124 valence electrons. The first-order valence-corrected chi connectivity index (χ1v) is 7.39. The number of amides is 1. The molecule has 0 radical (unpaired) electrons. The molecule has 0 rings (SSSR count). The SMILES string of the molecule is CCOC(=O)C(CCC/C=C\C(=O)N(CC)CC)NC.Cl. The number of carbonyl (C=O) groups excluding carboxylic acids is 2. The average Bonchev–Trinajstić information content (AvgIpc) is 2.44. The molecule has 6 heteroatoms. The minimum absolute atomic E-state index is 0. The van der Waals surface area contributed by atoms with E-state index < -0.39 is 0 Å². The Hall–Kier alpha value is -1.07. The van der Waals surface area contributed by atoms with Gasteiger partial charge in [-0.15, -0.1) is 12.4 Å². The Balaban J connectivity index is 0. The van der Waals surface area contributed by atoms with Gasteiger partial charge in [0.15, 0.2) is 0 Å². The number of halogens is 1. The van der Waals surface area contributed by atoms with E-state index >= 15 is 0 Å². The predicted molar refractivity (Wildman–Crippen MR) is 87.6 cm³/mol. The van der Waals surface area contributed by atoms with E-state index in [0.29, 0.717) is 13.0 Å². The molecule has 0 saturated heterocycles. The molecule has 0 bridgehead atoms. The largest absolute Gasteiger partial charge is 0.465 e.